The molecule has 3 N–H and O–H groups in total. The summed E-state index contributed by atoms with van der Waals surface area (Å²) in [4.78, 5) is 55.8. The van der Waals surface area contributed by atoms with E-state index < -0.39 is 17.2 Å². The molecule has 0 aromatic carbocycles. The molecule has 1 saturated carbocycles. The highest BCUT2D eigenvalue weighted by atomic mass is 16.5. The molecule has 2 saturated heterocycles. The number of hydrogen-bond donors (Lipinski definition) is 3. The molecule has 0 radical (unpaired) electrons. The van der Waals surface area contributed by atoms with E-state index in [4.69, 9.17) is 4.74 Å². The lowest BCUT2D eigenvalue weighted by Gasteiger charge is -2.38. The first-order chi connectivity index (χ1) is 14.5. The summed E-state index contributed by atoms with van der Waals surface area (Å²) in [6, 6.07) is 1.03. The summed E-state index contributed by atoms with van der Waals surface area (Å²) in [6.07, 6.45) is 4.63. The third-order valence-electron chi connectivity index (χ3n) is 6.11. The molecule has 3 fully saturated rings. The van der Waals surface area contributed by atoms with Crippen LogP contribution in [0.5, 0.6) is 0 Å². The summed E-state index contributed by atoms with van der Waals surface area (Å²) < 4.78 is 5.56. The van der Waals surface area contributed by atoms with Crippen LogP contribution in [0, 0.1) is 11.8 Å². The van der Waals surface area contributed by atoms with E-state index in [1.807, 2.05) is 9.88 Å². The van der Waals surface area contributed by atoms with Crippen molar-refractivity contribution >= 4 is 11.8 Å². The van der Waals surface area contributed by atoms with Crippen molar-refractivity contribution in [3.63, 3.8) is 0 Å². The van der Waals surface area contributed by atoms with Crippen molar-refractivity contribution in [2.24, 2.45) is 11.8 Å². The van der Waals surface area contributed by atoms with Gasteiger partial charge in [-0.25, -0.2) is 4.79 Å². The van der Waals surface area contributed by atoms with Crippen LogP contribution in [0.3, 0.4) is 0 Å². The summed E-state index contributed by atoms with van der Waals surface area (Å²) in [5, 5.41) is 2.66. The Morgan fingerprint density at radius 1 is 1.07 bits per heavy atom. The van der Waals surface area contributed by atoms with Crippen molar-refractivity contribution in [3.8, 4) is 0 Å². The molecule has 4 rings (SSSR count). The predicted molar refractivity (Wildman–Crippen MR) is 108 cm³/mol. The van der Waals surface area contributed by atoms with Crippen LogP contribution in [0.25, 0.3) is 0 Å². The second kappa shape index (κ2) is 9.13. The highest BCUT2D eigenvalue weighted by Crippen LogP contribution is 2.31. The summed E-state index contributed by atoms with van der Waals surface area (Å²) in [6.45, 7) is 4.78. The molecule has 2 aliphatic heterocycles. The van der Waals surface area contributed by atoms with Gasteiger partial charge in [0.05, 0.1) is 6.10 Å². The van der Waals surface area contributed by atoms with Gasteiger partial charge in [0.1, 0.15) is 12.3 Å². The Morgan fingerprint density at radius 2 is 1.80 bits per heavy atom. The molecule has 0 spiro atoms. The normalized spacial score (nSPS) is 23.5. The largest absolute Gasteiger partial charge is 0.365 e. The third kappa shape index (κ3) is 5.57. The van der Waals surface area contributed by atoms with Crippen LogP contribution in [0.2, 0.25) is 0 Å². The van der Waals surface area contributed by atoms with Crippen molar-refractivity contribution in [2.45, 2.75) is 31.8 Å². The van der Waals surface area contributed by atoms with Gasteiger partial charge in [-0.05, 0) is 50.6 Å². The SMILES string of the molecule is O=C(NC[C@@H]1CN(CC2CCN(CC3CC3)CC2)C(=O)CO1)c1cc(=O)[nH]c(=O)[nH]1. The van der Waals surface area contributed by atoms with Crippen LogP contribution < -0.4 is 16.6 Å². The number of amides is 2. The molecule has 0 bridgehead atoms. The van der Waals surface area contributed by atoms with E-state index in [1.54, 1.807) is 0 Å². The number of carbonyl (C=O) groups is 2. The van der Waals surface area contributed by atoms with E-state index in [2.05, 4.69) is 15.2 Å². The van der Waals surface area contributed by atoms with Crippen molar-refractivity contribution < 1.29 is 14.3 Å². The second-order valence-corrected chi connectivity index (χ2v) is 8.63. The highest BCUT2D eigenvalue weighted by molar-refractivity contribution is 5.92. The average Bonchev–Trinajstić information content (AvgIpc) is 3.53. The number of H-pyrrole nitrogens is 2. The maximum Gasteiger partial charge on any atom is 0.326 e. The molecule has 3 heterocycles. The molecule has 2 amide bonds. The molecule has 0 unspecified atom stereocenters. The van der Waals surface area contributed by atoms with Gasteiger partial charge in [-0.2, -0.15) is 0 Å². The molecule has 10 nitrogen and oxygen atoms in total. The number of nitrogens with one attached hydrogen (secondary N) is 3. The Hall–Kier alpha value is -2.46. The average molecular weight is 419 g/mol. The molecule has 164 valence electrons. The Balaban J connectivity index is 1.24. The number of aromatic nitrogens is 2. The van der Waals surface area contributed by atoms with Crippen molar-refractivity contribution in [1.29, 1.82) is 0 Å². The molecule has 30 heavy (non-hydrogen) atoms. The topological polar surface area (TPSA) is 128 Å². The first-order valence-corrected chi connectivity index (χ1v) is 10.7. The van der Waals surface area contributed by atoms with E-state index in [1.165, 1.54) is 19.4 Å². The van der Waals surface area contributed by atoms with E-state index in [0.29, 0.717) is 12.5 Å². The zero-order valence-corrected chi connectivity index (χ0v) is 17.0. The zero-order valence-electron chi connectivity index (χ0n) is 17.0. The fourth-order valence-corrected chi connectivity index (χ4v) is 4.20. The summed E-state index contributed by atoms with van der Waals surface area (Å²) in [5.41, 5.74) is -1.48. The second-order valence-electron chi connectivity index (χ2n) is 8.63. The molecular formula is C20H29N5O5. The van der Waals surface area contributed by atoms with Crippen molar-refractivity contribution in [3.05, 3.63) is 32.6 Å². The molecule has 1 aromatic rings. The molecule has 1 aromatic heterocycles. The van der Waals surface area contributed by atoms with Gasteiger partial charge in [-0.1, -0.05) is 0 Å². The standard InChI is InChI=1S/C20H29N5O5/c26-17-7-16(22-20(29)23-17)19(28)21-8-15-11-25(18(27)12-30-15)10-14-3-5-24(6-4-14)9-13-1-2-13/h7,13-15H,1-6,8-12H2,(H,21,28)(H2,22,23,26,29)/t15-/m1/s1. The maximum absolute atomic E-state index is 12.3. The molecular weight excluding hydrogens is 390 g/mol. The first kappa shape index (κ1) is 20.8. The van der Waals surface area contributed by atoms with E-state index >= 15 is 0 Å². The number of nitrogens with zero attached hydrogens (tertiary/aromatic N) is 2. The Bertz CT molecular complexity index is 856. The Kier molecular flexibility index (Phi) is 6.33. The summed E-state index contributed by atoms with van der Waals surface area (Å²) in [7, 11) is 0. The third-order valence-corrected chi connectivity index (χ3v) is 6.11. The van der Waals surface area contributed by atoms with Gasteiger partial charge in [0, 0.05) is 32.2 Å². The highest BCUT2D eigenvalue weighted by Gasteiger charge is 2.31. The number of ether oxygens (including phenoxy) is 1. The summed E-state index contributed by atoms with van der Waals surface area (Å²) >= 11 is 0. The van der Waals surface area contributed by atoms with Gasteiger partial charge in [0.25, 0.3) is 11.5 Å². The van der Waals surface area contributed by atoms with Crippen molar-refractivity contribution in [1.82, 2.24) is 25.1 Å². The number of piperidine rings is 1. The van der Waals surface area contributed by atoms with Crippen LogP contribution in [0.15, 0.2) is 15.7 Å². The number of aromatic amines is 2. The number of morpholine rings is 1. The fraction of sp³-hybridized carbons (Fsp3) is 0.700. The van der Waals surface area contributed by atoms with Crippen LogP contribution in [-0.4, -0.2) is 83.6 Å². The Morgan fingerprint density at radius 3 is 2.50 bits per heavy atom. The fourth-order valence-electron chi connectivity index (χ4n) is 4.20. The zero-order chi connectivity index (χ0) is 21.1. The van der Waals surface area contributed by atoms with E-state index in [0.717, 1.165) is 44.5 Å². The van der Waals surface area contributed by atoms with Gasteiger partial charge in [0.2, 0.25) is 5.91 Å². The molecule has 3 aliphatic rings. The minimum Gasteiger partial charge on any atom is -0.365 e. The molecule has 1 aliphatic carbocycles. The van der Waals surface area contributed by atoms with E-state index in [-0.39, 0.29) is 30.9 Å². The van der Waals surface area contributed by atoms with E-state index in [9.17, 15) is 19.2 Å². The molecule has 10 heteroatoms. The van der Waals surface area contributed by atoms with Crippen molar-refractivity contribution in [2.75, 3.05) is 45.9 Å². The first-order valence-electron chi connectivity index (χ1n) is 10.7. The number of hydrogen-bond acceptors (Lipinski definition) is 6. The lowest BCUT2D eigenvalue weighted by molar-refractivity contribution is -0.149. The van der Waals surface area contributed by atoms with Gasteiger partial charge in [-0.3, -0.25) is 19.4 Å². The predicted octanol–water partition coefficient (Wildman–Crippen LogP) is -0.858. The van der Waals surface area contributed by atoms with Gasteiger partial charge >= 0.3 is 5.69 Å². The smallest absolute Gasteiger partial charge is 0.326 e. The maximum atomic E-state index is 12.3. The minimum absolute atomic E-state index is 0.00288. The van der Waals surface area contributed by atoms with Crippen LogP contribution in [-0.2, 0) is 9.53 Å². The van der Waals surface area contributed by atoms with Crippen LogP contribution in [0.1, 0.15) is 36.2 Å². The quantitative estimate of drug-likeness (QED) is 0.528. The van der Waals surface area contributed by atoms with Gasteiger partial charge < -0.3 is 24.8 Å². The van der Waals surface area contributed by atoms with Crippen LogP contribution >= 0.6 is 0 Å². The monoisotopic (exact) mass is 419 g/mol. The molecule has 1 atom stereocenters. The lowest BCUT2D eigenvalue weighted by Crippen LogP contribution is -2.52. The number of rotatable bonds is 7. The number of likely N-dealkylation sites (tertiary alicyclic amines) is 1. The van der Waals surface area contributed by atoms with Crippen LogP contribution in [0.4, 0.5) is 0 Å². The lowest BCUT2D eigenvalue weighted by atomic mass is 9.95. The Labute approximate surface area is 174 Å². The van der Waals surface area contributed by atoms with Gasteiger partial charge in [0.15, 0.2) is 0 Å². The van der Waals surface area contributed by atoms with Gasteiger partial charge in [-0.15, -0.1) is 0 Å². The number of carbonyl (C=O) groups excluding carboxylic acids is 2. The minimum atomic E-state index is -0.735. The summed E-state index contributed by atoms with van der Waals surface area (Å²) in [5.74, 6) is 0.828.